The first-order valence-corrected chi connectivity index (χ1v) is 4.72. The van der Waals surface area contributed by atoms with Crippen LogP contribution in [0.5, 0.6) is 0 Å². The molecule has 0 spiro atoms. The Kier molecular flexibility index (Phi) is 5.16. The molecule has 1 atom stereocenters. The zero-order valence-corrected chi connectivity index (χ0v) is 12.2. The molecule has 5 heteroatoms. The molecule has 4 N–H and O–H groups in total. The SMILES string of the molecule is N[C@@H](Cc1c[nH]c2ccccc12)C(=O)O.[K]. The van der Waals surface area contributed by atoms with Crippen LogP contribution in [-0.2, 0) is 11.2 Å². The standard InChI is InChI=1S/C11H12N2O2.K/c12-9(11(14)15)5-7-6-13-10-4-2-1-3-8(7)10;/h1-4,6,9,13H,5,12H2,(H,14,15);/t9-;/m0./s1. The molecule has 1 aromatic heterocycles. The fourth-order valence-electron chi connectivity index (χ4n) is 1.62. The van der Waals surface area contributed by atoms with E-state index in [2.05, 4.69) is 4.98 Å². The maximum Gasteiger partial charge on any atom is 0.320 e. The molecular formula is C11H12KN2O2. The fourth-order valence-corrected chi connectivity index (χ4v) is 1.62. The largest absolute Gasteiger partial charge is 0.480 e. The second-order valence-electron chi connectivity index (χ2n) is 3.51. The summed E-state index contributed by atoms with van der Waals surface area (Å²) in [6.45, 7) is 0. The van der Waals surface area contributed by atoms with Crippen molar-refractivity contribution in [3.8, 4) is 0 Å². The van der Waals surface area contributed by atoms with Gasteiger partial charge in [0, 0.05) is 74.9 Å². The maximum atomic E-state index is 10.6. The molecular weight excluding hydrogens is 231 g/mol. The molecule has 0 saturated heterocycles. The summed E-state index contributed by atoms with van der Waals surface area (Å²) in [7, 11) is 0. The number of carboxylic acids is 1. The van der Waals surface area contributed by atoms with Crippen molar-refractivity contribution in [3.63, 3.8) is 0 Å². The Morgan fingerprint density at radius 2 is 2.12 bits per heavy atom. The predicted octanol–water partition coefficient (Wildman–Crippen LogP) is 0.742. The third-order valence-corrected chi connectivity index (χ3v) is 2.43. The summed E-state index contributed by atoms with van der Waals surface area (Å²) >= 11 is 0. The topological polar surface area (TPSA) is 79.1 Å². The van der Waals surface area contributed by atoms with Crippen LogP contribution in [0.25, 0.3) is 10.9 Å². The summed E-state index contributed by atoms with van der Waals surface area (Å²) in [5, 5.41) is 9.75. The van der Waals surface area contributed by atoms with Crippen LogP contribution in [0.15, 0.2) is 30.5 Å². The minimum Gasteiger partial charge on any atom is -0.480 e. The van der Waals surface area contributed by atoms with Gasteiger partial charge in [-0.05, 0) is 11.6 Å². The number of aromatic amines is 1. The van der Waals surface area contributed by atoms with Crippen molar-refractivity contribution < 1.29 is 9.90 Å². The molecule has 0 aliphatic heterocycles. The first-order valence-electron chi connectivity index (χ1n) is 4.72. The van der Waals surface area contributed by atoms with Crippen molar-refractivity contribution in [2.45, 2.75) is 12.5 Å². The van der Waals surface area contributed by atoms with Gasteiger partial charge >= 0.3 is 5.97 Å². The van der Waals surface area contributed by atoms with Gasteiger partial charge in [-0.25, -0.2) is 0 Å². The Morgan fingerprint density at radius 1 is 1.44 bits per heavy atom. The van der Waals surface area contributed by atoms with E-state index in [1.165, 1.54) is 0 Å². The van der Waals surface area contributed by atoms with Gasteiger partial charge in [0.15, 0.2) is 0 Å². The summed E-state index contributed by atoms with van der Waals surface area (Å²) in [6, 6.07) is 6.91. The zero-order chi connectivity index (χ0) is 10.8. The molecule has 0 amide bonds. The summed E-state index contributed by atoms with van der Waals surface area (Å²) in [5.74, 6) is -0.972. The maximum absolute atomic E-state index is 10.6. The summed E-state index contributed by atoms with van der Waals surface area (Å²) in [4.78, 5) is 13.7. The van der Waals surface area contributed by atoms with E-state index < -0.39 is 12.0 Å². The Balaban J connectivity index is 0.00000128. The molecule has 16 heavy (non-hydrogen) atoms. The van der Waals surface area contributed by atoms with Gasteiger partial charge in [-0.3, -0.25) is 4.79 Å². The molecule has 2 aromatic rings. The van der Waals surface area contributed by atoms with Crippen molar-refractivity contribution in [1.29, 1.82) is 0 Å². The van der Waals surface area contributed by atoms with E-state index >= 15 is 0 Å². The molecule has 79 valence electrons. The Labute approximate surface area is 136 Å². The molecule has 1 radical (unpaired) electrons. The van der Waals surface area contributed by atoms with Gasteiger partial charge in [0.05, 0.1) is 0 Å². The van der Waals surface area contributed by atoms with E-state index in [9.17, 15) is 4.79 Å². The van der Waals surface area contributed by atoms with Crippen molar-refractivity contribution in [2.24, 2.45) is 5.73 Å². The summed E-state index contributed by atoms with van der Waals surface area (Å²) < 4.78 is 0. The van der Waals surface area contributed by atoms with Gasteiger partial charge in [-0.15, -0.1) is 0 Å². The fraction of sp³-hybridized carbons (Fsp3) is 0.182. The van der Waals surface area contributed by atoms with Crippen LogP contribution in [0, 0.1) is 0 Å². The molecule has 4 nitrogen and oxygen atoms in total. The molecule has 0 aliphatic rings. The second-order valence-corrected chi connectivity index (χ2v) is 3.51. The van der Waals surface area contributed by atoms with Gasteiger partial charge in [0.25, 0.3) is 0 Å². The number of nitrogens with two attached hydrogens (primary N) is 1. The Bertz CT molecular complexity index is 495. The van der Waals surface area contributed by atoms with E-state index in [-0.39, 0.29) is 51.4 Å². The third-order valence-electron chi connectivity index (χ3n) is 2.43. The minimum absolute atomic E-state index is 0. The minimum atomic E-state index is -0.972. The normalized spacial score (nSPS) is 12.1. The number of rotatable bonds is 3. The van der Waals surface area contributed by atoms with E-state index in [0.29, 0.717) is 6.42 Å². The Morgan fingerprint density at radius 3 is 2.81 bits per heavy atom. The number of aromatic nitrogens is 1. The molecule has 0 saturated carbocycles. The van der Waals surface area contributed by atoms with Gasteiger partial charge in [0.2, 0.25) is 0 Å². The number of hydrogen-bond donors (Lipinski definition) is 3. The van der Waals surface area contributed by atoms with E-state index in [1.807, 2.05) is 30.5 Å². The molecule has 0 bridgehead atoms. The molecule has 0 fully saturated rings. The number of para-hydroxylation sites is 1. The number of H-pyrrole nitrogens is 1. The van der Waals surface area contributed by atoms with Crippen LogP contribution in [0.2, 0.25) is 0 Å². The summed E-state index contributed by atoms with van der Waals surface area (Å²) in [5.41, 5.74) is 7.43. The van der Waals surface area contributed by atoms with Crippen LogP contribution in [-0.4, -0.2) is 73.5 Å². The number of benzene rings is 1. The second kappa shape index (κ2) is 5.95. The number of hydrogen-bond acceptors (Lipinski definition) is 2. The average Bonchev–Trinajstić information content (AvgIpc) is 2.62. The van der Waals surface area contributed by atoms with Crippen LogP contribution in [0.3, 0.4) is 0 Å². The van der Waals surface area contributed by atoms with Crippen LogP contribution in [0.1, 0.15) is 5.56 Å². The molecule has 1 aromatic carbocycles. The Hall–Kier alpha value is -0.174. The molecule has 0 aliphatic carbocycles. The smallest absolute Gasteiger partial charge is 0.320 e. The van der Waals surface area contributed by atoms with Crippen molar-refractivity contribution in [1.82, 2.24) is 4.98 Å². The quantitative estimate of drug-likeness (QED) is 0.696. The van der Waals surface area contributed by atoms with E-state index in [4.69, 9.17) is 10.8 Å². The predicted molar refractivity (Wildman–Crippen MR) is 63.4 cm³/mol. The van der Waals surface area contributed by atoms with Gasteiger partial charge in [-0.1, -0.05) is 18.2 Å². The average molecular weight is 243 g/mol. The molecule has 1 heterocycles. The van der Waals surface area contributed by atoms with Crippen LogP contribution >= 0.6 is 0 Å². The van der Waals surface area contributed by atoms with Gasteiger partial charge in [-0.2, -0.15) is 0 Å². The number of nitrogens with one attached hydrogen (secondary N) is 1. The first kappa shape index (κ1) is 13.9. The van der Waals surface area contributed by atoms with Crippen molar-refractivity contribution in [3.05, 3.63) is 36.0 Å². The first-order chi connectivity index (χ1) is 7.18. The number of aliphatic carboxylic acids is 1. The number of fused-ring (bicyclic) bond motifs is 1. The summed E-state index contributed by atoms with van der Waals surface area (Å²) in [6.07, 6.45) is 2.16. The number of carboxylic acid groups (broad SMARTS) is 1. The van der Waals surface area contributed by atoms with Gasteiger partial charge in [0.1, 0.15) is 6.04 Å². The van der Waals surface area contributed by atoms with Crippen LogP contribution < -0.4 is 5.73 Å². The zero-order valence-electron chi connectivity index (χ0n) is 9.10. The van der Waals surface area contributed by atoms with Crippen molar-refractivity contribution in [2.75, 3.05) is 0 Å². The van der Waals surface area contributed by atoms with Gasteiger partial charge < -0.3 is 15.8 Å². The monoisotopic (exact) mass is 243 g/mol. The van der Waals surface area contributed by atoms with Crippen molar-refractivity contribution >= 4 is 68.3 Å². The molecule has 2 rings (SSSR count). The third kappa shape index (κ3) is 2.94. The van der Waals surface area contributed by atoms with E-state index in [1.54, 1.807) is 0 Å². The molecule has 0 unspecified atom stereocenters. The van der Waals surface area contributed by atoms with Crippen LogP contribution in [0.4, 0.5) is 0 Å². The number of carbonyl (C=O) groups is 1. The van der Waals surface area contributed by atoms with E-state index in [0.717, 1.165) is 16.5 Å².